The fraction of sp³-hybridized carbons (Fsp3) is 0.250. The molecule has 24 heavy (non-hydrogen) atoms. The highest BCUT2D eigenvalue weighted by molar-refractivity contribution is 14.1. The molecule has 1 N–H and O–H groups in total. The molecule has 126 valence electrons. The molecule has 1 aliphatic rings. The lowest BCUT2D eigenvalue weighted by atomic mass is 10.2. The third kappa shape index (κ3) is 4.04. The van der Waals surface area contributed by atoms with Crippen LogP contribution in [0.3, 0.4) is 0 Å². The predicted octanol–water partition coefficient (Wildman–Crippen LogP) is 4.35. The van der Waals surface area contributed by atoms with Crippen molar-refractivity contribution in [2.24, 2.45) is 0 Å². The van der Waals surface area contributed by atoms with Crippen LogP contribution in [0.2, 0.25) is 10.0 Å². The average Bonchev–Trinajstić information content (AvgIpc) is 2.55. The van der Waals surface area contributed by atoms with Crippen LogP contribution < -0.4 is 10.2 Å². The lowest BCUT2D eigenvalue weighted by Gasteiger charge is -2.36. The predicted molar refractivity (Wildman–Crippen MR) is 106 cm³/mol. The molecular formula is C16H15Cl2IN4O. The zero-order chi connectivity index (χ0) is 17.1. The van der Waals surface area contributed by atoms with Crippen LogP contribution in [0.25, 0.3) is 0 Å². The highest BCUT2D eigenvalue weighted by Gasteiger charge is 2.24. The molecule has 2 aromatic rings. The Balaban J connectivity index is 1.61. The Kier molecular flexibility index (Phi) is 5.68. The first-order chi connectivity index (χ1) is 11.5. The Morgan fingerprint density at radius 1 is 1.12 bits per heavy atom. The van der Waals surface area contributed by atoms with Crippen LogP contribution in [0.15, 0.2) is 36.7 Å². The summed E-state index contributed by atoms with van der Waals surface area (Å²) in [5, 5.41) is 3.99. The molecule has 0 spiro atoms. The molecular weight excluding hydrogens is 462 g/mol. The van der Waals surface area contributed by atoms with E-state index in [-0.39, 0.29) is 6.03 Å². The number of nitrogens with one attached hydrogen (secondary N) is 1. The second-order valence-electron chi connectivity index (χ2n) is 5.37. The molecule has 2 amide bonds. The number of nitrogens with zero attached hydrogens (tertiary/aromatic N) is 3. The number of halogens is 3. The minimum absolute atomic E-state index is 0.0939. The van der Waals surface area contributed by atoms with E-state index in [1.54, 1.807) is 17.3 Å². The number of piperazine rings is 1. The average molecular weight is 477 g/mol. The Labute approximate surface area is 164 Å². The summed E-state index contributed by atoms with van der Waals surface area (Å²) in [6, 6.07) is 7.63. The molecule has 1 aliphatic heterocycles. The number of carbonyl (C=O) groups is 1. The van der Waals surface area contributed by atoms with Gasteiger partial charge in [-0.05, 0) is 40.8 Å². The van der Waals surface area contributed by atoms with Gasteiger partial charge in [-0.15, -0.1) is 0 Å². The largest absolute Gasteiger partial charge is 0.365 e. The van der Waals surface area contributed by atoms with Gasteiger partial charge in [0.1, 0.15) is 0 Å². The molecule has 0 bridgehead atoms. The van der Waals surface area contributed by atoms with E-state index in [1.807, 2.05) is 24.3 Å². The van der Waals surface area contributed by atoms with Crippen LogP contribution >= 0.6 is 45.8 Å². The first-order valence-electron chi connectivity index (χ1n) is 7.40. The van der Waals surface area contributed by atoms with Crippen LogP contribution in [-0.4, -0.2) is 42.1 Å². The summed E-state index contributed by atoms with van der Waals surface area (Å²) < 4.78 is 1.08. The van der Waals surface area contributed by atoms with Crippen LogP contribution in [0, 0.1) is 3.57 Å². The number of benzene rings is 1. The van der Waals surface area contributed by atoms with Gasteiger partial charge in [0.05, 0.1) is 15.7 Å². The molecule has 0 unspecified atom stereocenters. The van der Waals surface area contributed by atoms with Gasteiger partial charge in [-0.25, -0.2) is 4.79 Å². The van der Waals surface area contributed by atoms with Gasteiger partial charge in [-0.2, -0.15) is 0 Å². The van der Waals surface area contributed by atoms with Crippen molar-refractivity contribution in [3.05, 3.63) is 50.3 Å². The summed E-state index contributed by atoms with van der Waals surface area (Å²) in [6.07, 6.45) is 3.16. The van der Waals surface area contributed by atoms with Crippen LogP contribution in [0.5, 0.6) is 0 Å². The zero-order valence-corrected chi connectivity index (χ0v) is 16.3. The quantitative estimate of drug-likeness (QED) is 0.655. The lowest BCUT2D eigenvalue weighted by Crippen LogP contribution is -2.50. The molecule has 2 heterocycles. The molecule has 1 fully saturated rings. The van der Waals surface area contributed by atoms with Gasteiger partial charge in [-0.1, -0.05) is 29.3 Å². The standard InChI is InChI=1S/C16H15Cl2IN4O/c17-13-9-20-10-14(18)15(13)22-4-6-23(7-5-22)16(24)21-12-3-1-2-11(19)8-12/h1-3,8-10H,4-7H2,(H,21,24). The monoisotopic (exact) mass is 476 g/mol. The fourth-order valence-electron chi connectivity index (χ4n) is 2.61. The summed E-state index contributed by atoms with van der Waals surface area (Å²) in [4.78, 5) is 20.2. The molecule has 0 radical (unpaired) electrons. The summed E-state index contributed by atoms with van der Waals surface area (Å²) in [5.41, 5.74) is 1.58. The van der Waals surface area contributed by atoms with Gasteiger partial charge in [0.15, 0.2) is 0 Å². The third-order valence-electron chi connectivity index (χ3n) is 3.79. The molecule has 1 aromatic carbocycles. The highest BCUT2D eigenvalue weighted by Crippen LogP contribution is 2.33. The van der Waals surface area contributed by atoms with Crippen molar-refractivity contribution in [1.82, 2.24) is 9.88 Å². The number of aromatic nitrogens is 1. The molecule has 0 saturated carbocycles. The molecule has 5 nitrogen and oxygen atoms in total. The van der Waals surface area contributed by atoms with Crippen LogP contribution in [0.4, 0.5) is 16.2 Å². The van der Waals surface area contributed by atoms with Crippen LogP contribution in [-0.2, 0) is 0 Å². The molecule has 0 atom stereocenters. The maximum Gasteiger partial charge on any atom is 0.321 e. The first kappa shape index (κ1) is 17.6. The molecule has 3 rings (SSSR count). The normalized spacial score (nSPS) is 14.6. The third-order valence-corrected chi connectivity index (χ3v) is 5.01. The van der Waals surface area contributed by atoms with Crippen molar-refractivity contribution in [2.45, 2.75) is 0 Å². The van der Waals surface area contributed by atoms with Gasteiger partial charge in [0.25, 0.3) is 0 Å². The summed E-state index contributed by atoms with van der Waals surface area (Å²) in [5.74, 6) is 0. The van der Waals surface area contributed by atoms with Gasteiger partial charge in [0, 0.05) is 47.8 Å². The fourth-order valence-corrected chi connectivity index (χ4v) is 3.76. The van der Waals surface area contributed by atoms with E-state index in [0.717, 1.165) is 14.9 Å². The van der Waals surface area contributed by atoms with Crippen molar-refractivity contribution < 1.29 is 4.79 Å². The van der Waals surface area contributed by atoms with Crippen LogP contribution in [0.1, 0.15) is 0 Å². The molecule has 8 heteroatoms. The van der Waals surface area contributed by atoms with Crippen molar-refractivity contribution in [3.63, 3.8) is 0 Å². The number of anilines is 2. The van der Waals surface area contributed by atoms with E-state index in [4.69, 9.17) is 23.2 Å². The minimum atomic E-state index is -0.0939. The maximum absolute atomic E-state index is 12.4. The molecule has 1 saturated heterocycles. The zero-order valence-electron chi connectivity index (χ0n) is 12.7. The number of amides is 2. The van der Waals surface area contributed by atoms with Crippen molar-refractivity contribution >= 4 is 63.2 Å². The number of pyridine rings is 1. The van der Waals surface area contributed by atoms with E-state index >= 15 is 0 Å². The SMILES string of the molecule is O=C(Nc1cccc(I)c1)N1CCN(c2c(Cl)cncc2Cl)CC1. The maximum atomic E-state index is 12.4. The first-order valence-corrected chi connectivity index (χ1v) is 9.23. The number of hydrogen-bond donors (Lipinski definition) is 1. The Bertz CT molecular complexity index is 730. The number of urea groups is 1. The van der Waals surface area contributed by atoms with E-state index in [9.17, 15) is 4.79 Å². The van der Waals surface area contributed by atoms with E-state index in [2.05, 4.69) is 37.8 Å². The van der Waals surface area contributed by atoms with Gasteiger partial charge in [0.2, 0.25) is 0 Å². The topological polar surface area (TPSA) is 48.5 Å². The van der Waals surface area contributed by atoms with E-state index in [1.165, 1.54) is 0 Å². The Hall–Kier alpha value is -1.25. The number of rotatable bonds is 2. The Morgan fingerprint density at radius 2 is 1.79 bits per heavy atom. The Morgan fingerprint density at radius 3 is 2.42 bits per heavy atom. The smallest absolute Gasteiger partial charge is 0.321 e. The summed E-state index contributed by atoms with van der Waals surface area (Å²) >= 11 is 14.6. The molecule has 0 aliphatic carbocycles. The number of hydrogen-bond acceptors (Lipinski definition) is 3. The highest BCUT2D eigenvalue weighted by atomic mass is 127. The summed E-state index contributed by atoms with van der Waals surface area (Å²) in [7, 11) is 0. The van der Waals surface area contributed by atoms with Gasteiger partial charge >= 0.3 is 6.03 Å². The van der Waals surface area contributed by atoms with E-state index in [0.29, 0.717) is 36.2 Å². The second-order valence-corrected chi connectivity index (χ2v) is 7.43. The van der Waals surface area contributed by atoms with Gasteiger partial charge in [-0.3, -0.25) is 4.98 Å². The second kappa shape index (κ2) is 7.76. The number of carbonyl (C=O) groups excluding carboxylic acids is 1. The van der Waals surface area contributed by atoms with E-state index < -0.39 is 0 Å². The van der Waals surface area contributed by atoms with Crippen molar-refractivity contribution in [2.75, 3.05) is 36.4 Å². The van der Waals surface area contributed by atoms with Crippen molar-refractivity contribution in [1.29, 1.82) is 0 Å². The lowest BCUT2D eigenvalue weighted by molar-refractivity contribution is 0.208. The molecule has 1 aromatic heterocycles. The van der Waals surface area contributed by atoms with Gasteiger partial charge < -0.3 is 15.1 Å². The van der Waals surface area contributed by atoms with Crippen molar-refractivity contribution in [3.8, 4) is 0 Å². The summed E-state index contributed by atoms with van der Waals surface area (Å²) in [6.45, 7) is 2.54. The minimum Gasteiger partial charge on any atom is -0.365 e.